The molecule has 3 heterocycles. The fourth-order valence-electron chi connectivity index (χ4n) is 6.18. The van der Waals surface area contributed by atoms with Crippen molar-refractivity contribution in [2.75, 3.05) is 24.2 Å². The summed E-state index contributed by atoms with van der Waals surface area (Å²) in [6.07, 6.45) is 4.02. The lowest BCUT2D eigenvalue weighted by molar-refractivity contribution is -0.121. The SMILES string of the molecule is CNC(=O)CCC(C=O)N1C(=O)c2cccc(NCCCC(=O)Nc3ccc(Oc4ccc(F)cc4F)c(-c4cn(C)c(=O)c5[nH]ccc45)c3)c2C1=O. The van der Waals surface area contributed by atoms with Crippen molar-refractivity contribution in [2.45, 2.75) is 31.7 Å². The smallest absolute Gasteiger partial charge is 0.274 e. The molecule has 1 atom stereocenters. The van der Waals surface area contributed by atoms with Gasteiger partial charge in [-0.15, -0.1) is 0 Å². The average Bonchev–Trinajstić information content (AvgIpc) is 3.74. The number of imide groups is 1. The molecule has 3 aromatic carbocycles. The number of pyridine rings is 1. The van der Waals surface area contributed by atoms with E-state index in [9.17, 15) is 37.5 Å². The summed E-state index contributed by atoms with van der Waals surface area (Å²) in [5.41, 5.74) is 2.02. The van der Waals surface area contributed by atoms with E-state index in [2.05, 4.69) is 20.9 Å². The first-order chi connectivity index (χ1) is 25.5. The lowest BCUT2D eigenvalue weighted by Gasteiger charge is -2.21. The monoisotopic (exact) mass is 724 g/mol. The van der Waals surface area contributed by atoms with Crippen molar-refractivity contribution in [1.29, 1.82) is 0 Å². The Hall–Kier alpha value is -6.64. The molecule has 53 heavy (non-hydrogen) atoms. The predicted molar refractivity (Wildman–Crippen MR) is 192 cm³/mol. The molecule has 0 spiro atoms. The summed E-state index contributed by atoms with van der Waals surface area (Å²) in [6.45, 7) is 0.254. The summed E-state index contributed by atoms with van der Waals surface area (Å²) in [7, 11) is 3.03. The molecule has 0 radical (unpaired) electrons. The first-order valence-electron chi connectivity index (χ1n) is 16.6. The molecule has 0 bridgehead atoms. The van der Waals surface area contributed by atoms with Crippen LogP contribution in [0.5, 0.6) is 11.5 Å². The molecule has 5 aromatic rings. The predicted octanol–water partition coefficient (Wildman–Crippen LogP) is 5.12. The average molecular weight is 725 g/mol. The highest BCUT2D eigenvalue weighted by molar-refractivity contribution is 6.24. The molecule has 2 aromatic heterocycles. The van der Waals surface area contributed by atoms with Crippen LogP contribution in [0, 0.1) is 11.6 Å². The van der Waals surface area contributed by atoms with Crippen LogP contribution in [0.25, 0.3) is 22.0 Å². The maximum absolute atomic E-state index is 14.6. The molecule has 0 aliphatic carbocycles. The van der Waals surface area contributed by atoms with E-state index in [-0.39, 0.29) is 65.8 Å². The maximum Gasteiger partial charge on any atom is 0.274 e. The summed E-state index contributed by atoms with van der Waals surface area (Å²) in [5.74, 6) is -3.67. The minimum absolute atomic E-state index is 0.0158. The van der Waals surface area contributed by atoms with E-state index in [4.69, 9.17) is 4.74 Å². The van der Waals surface area contributed by atoms with Gasteiger partial charge in [0, 0.05) is 79.8 Å². The normalized spacial score (nSPS) is 12.8. The number of nitrogens with zero attached hydrogens (tertiary/aromatic N) is 2. The third-order valence-corrected chi connectivity index (χ3v) is 8.84. The van der Waals surface area contributed by atoms with Crippen molar-refractivity contribution in [1.82, 2.24) is 19.8 Å². The molecule has 0 saturated carbocycles. The fourth-order valence-corrected chi connectivity index (χ4v) is 6.18. The van der Waals surface area contributed by atoms with Crippen LogP contribution in [0.15, 0.2) is 77.9 Å². The maximum atomic E-state index is 14.6. The molecular formula is C38H34F2N6O7. The van der Waals surface area contributed by atoms with Crippen LogP contribution < -0.4 is 26.2 Å². The Bertz CT molecular complexity index is 2340. The second kappa shape index (κ2) is 15.3. The van der Waals surface area contributed by atoms with Gasteiger partial charge < -0.3 is 35.0 Å². The Morgan fingerprint density at radius 3 is 2.47 bits per heavy atom. The zero-order valence-electron chi connectivity index (χ0n) is 28.6. The number of hydrogen-bond donors (Lipinski definition) is 4. The number of carbonyl (C=O) groups is 5. The number of ether oxygens (including phenoxy) is 1. The van der Waals surface area contributed by atoms with Gasteiger partial charge in [0.25, 0.3) is 17.4 Å². The molecular weight excluding hydrogens is 690 g/mol. The number of benzene rings is 3. The van der Waals surface area contributed by atoms with Crippen molar-refractivity contribution in [3.63, 3.8) is 0 Å². The van der Waals surface area contributed by atoms with Crippen molar-refractivity contribution in [3.8, 4) is 22.6 Å². The summed E-state index contributed by atoms with van der Waals surface area (Å²) in [5, 5.41) is 8.96. The van der Waals surface area contributed by atoms with Crippen LogP contribution in [0.1, 0.15) is 46.4 Å². The summed E-state index contributed by atoms with van der Waals surface area (Å²) >= 11 is 0. The zero-order valence-corrected chi connectivity index (χ0v) is 28.6. The highest BCUT2D eigenvalue weighted by Crippen LogP contribution is 2.39. The van der Waals surface area contributed by atoms with Gasteiger partial charge in [0.15, 0.2) is 11.6 Å². The summed E-state index contributed by atoms with van der Waals surface area (Å²) < 4.78 is 35.4. The van der Waals surface area contributed by atoms with Gasteiger partial charge in [0.05, 0.1) is 17.2 Å². The number of aldehydes is 1. The van der Waals surface area contributed by atoms with Crippen LogP contribution in [0.4, 0.5) is 20.2 Å². The number of anilines is 2. The Balaban J connectivity index is 1.15. The van der Waals surface area contributed by atoms with Gasteiger partial charge in [-0.05, 0) is 61.4 Å². The van der Waals surface area contributed by atoms with Crippen LogP contribution in [0.3, 0.4) is 0 Å². The lowest BCUT2D eigenvalue weighted by atomic mass is 10.0. The molecule has 1 unspecified atom stereocenters. The molecule has 0 fully saturated rings. The van der Waals surface area contributed by atoms with Crippen LogP contribution in [-0.4, -0.2) is 64.0 Å². The number of hydrogen-bond acceptors (Lipinski definition) is 8. The van der Waals surface area contributed by atoms with Gasteiger partial charge in [0.2, 0.25) is 11.8 Å². The molecule has 4 amide bonds. The molecule has 0 saturated heterocycles. The first kappa shape index (κ1) is 36.2. The van der Waals surface area contributed by atoms with Crippen LogP contribution in [-0.2, 0) is 21.4 Å². The molecule has 4 N–H and O–H groups in total. The van der Waals surface area contributed by atoms with Crippen LogP contribution >= 0.6 is 0 Å². The number of nitrogens with one attached hydrogen (secondary N) is 4. The Labute approximate surface area is 300 Å². The third kappa shape index (κ3) is 7.40. The van der Waals surface area contributed by atoms with E-state index in [0.717, 1.165) is 17.0 Å². The fraction of sp³-hybridized carbons (Fsp3) is 0.211. The number of fused-ring (bicyclic) bond motifs is 2. The number of H-pyrrole nitrogens is 1. The van der Waals surface area contributed by atoms with E-state index >= 15 is 0 Å². The van der Waals surface area contributed by atoms with Gasteiger partial charge >= 0.3 is 0 Å². The van der Waals surface area contributed by atoms with Crippen LogP contribution in [0.2, 0.25) is 0 Å². The molecule has 6 rings (SSSR count). The number of carbonyl (C=O) groups excluding carboxylic acids is 5. The molecule has 13 nitrogen and oxygen atoms in total. The standard InChI is InChI=1S/C38H34F2N6O7/c1-41-32(48)13-10-23(20-47)46-36(50)25-5-3-6-29(34(25)37(46)51)42-15-4-7-33(49)44-22-9-12-30(53-31-11-8-21(39)17-28(31)40)26(18-22)27-19-45(2)38(52)35-24(27)14-16-43-35/h3,5-6,8-9,11-12,14,16-20,23,42-43H,4,7,10,13,15H2,1-2H3,(H,41,48)(H,44,49). The first-order valence-corrected chi connectivity index (χ1v) is 16.6. The third-order valence-electron chi connectivity index (χ3n) is 8.84. The highest BCUT2D eigenvalue weighted by Gasteiger charge is 2.41. The molecule has 1 aliphatic rings. The van der Waals surface area contributed by atoms with E-state index in [0.29, 0.717) is 52.2 Å². The second-order valence-electron chi connectivity index (χ2n) is 12.3. The van der Waals surface area contributed by atoms with Crippen molar-refractivity contribution < 1.29 is 37.5 Å². The van der Waals surface area contributed by atoms with Gasteiger partial charge in [0.1, 0.15) is 23.4 Å². The van der Waals surface area contributed by atoms with E-state index in [1.165, 1.54) is 23.7 Å². The minimum atomic E-state index is -1.11. The molecule has 272 valence electrons. The quantitative estimate of drug-likeness (QED) is 0.0694. The Morgan fingerprint density at radius 2 is 1.72 bits per heavy atom. The molecule has 15 heteroatoms. The number of aryl methyl sites for hydroxylation is 1. The summed E-state index contributed by atoms with van der Waals surface area (Å²) in [6, 6.07) is 13.0. The Kier molecular flexibility index (Phi) is 10.4. The van der Waals surface area contributed by atoms with E-state index in [1.54, 1.807) is 49.8 Å². The number of aromatic nitrogens is 2. The second-order valence-corrected chi connectivity index (χ2v) is 12.3. The van der Waals surface area contributed by atoms with Crippen molar-refractivity contribution in [2.24, 2.45) is 7.05 Å². The largest absolute Gasteiger partial charge is 0.454 e. The van der Waals surface area contributed by atoms with Gasteiger partial charge in [-0.3, -0.25) is 28.9 Å². The van der Waals surface area contributed by atoms with E-state index in [1.807, 2.05) is 0 Å². The zero-order chi connectivity index (χ0) is 37.8. The highest BCUT2D eigenvalue weighted by atomic mass is 19.1. The number of halogens is 2. The van der Waals surface area contributed by atoms with E-state index < -0.39 is 29.5 Å². The number of rotatable bonds is 14. The topological polar surface area (TPSA) is 172 Å². The summed E-state index contributed by atoms with van der Waals surface area (Å²) in [4.78, 5) is 79.6. The van der Waals surface area contributed by atoms with Gasteiger partial charge in [-0.25, -0.2) is 8.78 Å². The lowest BCUT2D eigenvalue weighted by Crippen LogP contribution is -2.41. The molecule has 1 aliphatic heterocycles. The minimum Gasteiger partial charge on any atom is -0.454 e. The number of aromatic amines is 1. The van der Waals surface area contributed by atoms with Gasteiger partial charge in [-0.1, -0.05) is 6.07 Å². The van der Waals surface area contributed by atoms with Crippen molar-refractivity contribution >= 4 is 52.2 Å². The Morgan fingerprint density at radius 1 is 0.925 bits per heavy atom. The van der Waals surface area contributed by atoms with Gasteiger partial charge in [-0.2, -0.15) is 0 Å². The number of amides is 4. The van der Waals surface area contributed by atoms with Crippen molar-refractivity contribution in [3.05, 3.63) is 106 Å².